The summed E-state index contributed by atoms with van der Waals surface area (Å²) in [4.78, 5) is 16.0. The predicted octanol–water partition coefficient (Wildman–Crippen LogP) is 4.84. The molecule has 3 heteroatoms. The minimum absolute atomic E-state index is 0.113. The van der Waals surface area contributed by atoms with Gasteiger partial charge in [-0.15, -0.1) is 0 Å². The van der Waals surface area contributed by atoms with E-state index in [2.05, 4.69) is 73.5 Å². The second-order valence-corrected chi connectivity index (χ2v) is 10.0. The first kappa shape index (κ1) is 20.2. The van der Waals surface area contributed by atoms with E-state index in [0.29, 0.717) is 17.9 Å². The van der Waals surface area contributed by atoms with E-state index in [1.54, 1.807) is 0 Å². The molecule has 4 rings (SSSR count). The van der Waals surface area contributed by atoms with E-state index in [9.17, 15) is 4.79 Å². The first-order chi connectivity index (χ1) is 13.9. The lowest BCUT2D eigenvalue weighted by atomic mass is 9.75. The number of rotatable bonds is 5. The highest BCUT2D eigenvalue weighted by Gasteiger charge is 2.44. The summed E-state index contributed by atoms with van der Waals surface area (Å²) in [5, 5.41) is 3.47. The van der Waals surface area contributed by atoms with E-state index in [-0.39, 0.29) is 17.2 Å². The summed E-state index contributed by atoms with van der Waals surface area (Å²) in [6, 6.07) is 21.3. The smallest absolute Gasteiger partial charge is 0.228 e. The summed E-state index contributed by atoms with van der Waals surface area (Å²) in [5.41, 5.74) is 2.38. The van der Waals surface area contributed by atoms with Crippen molar-refractivity contribution in [3.05, 3.63) is 71.8 Å². The standard InChI is InChI=1S/C26H34N2O/c1-26(2,3)24(20-12-8-5-9-13-20)25(29)27-23-15-14-21-17-28(18-22(21)23)16-19-10-6-4-7-11-19/h4-13,21-24H,14-18H2,1-3H3,(H,27,29)/t21-,22+,23+,24+/m0/s1. The van der Waals surface area contributed by atoms with Gasteiger partial charge in [0, 0.05) is 25.7 Å². The van der Waals surface area contributed by atoms with Crippen molar-refractivity contribution in [2.24, 2.45) is 17.3 Å². The lowest BCUT2D eigenvalue weighted by Crippen LogP contribution is -2.44. The van der Waals surface area contributed by atoms with Gasteiger partial charge in [0.1, 0.15) is 0 Å². The van der Waals surface area contributed by atoms with E-state index in [0.717, 1.165) is 31.6 Å². The highest BCUT2D eigenvalue weighted by molar-refractivity contribution is 5.84. The zero-order valence-electron chi connectivity index (χ0n) is 18.0. The average Bonchev–Trinajstić information content (AvgIpc) is 3.24. The van der Waals surface area contributed by atoms with Gasteiger partial charge in [0.15, 0.2) is 0 Å². The maximum Gasteiger partial charge on any atom is 0.228 e. The van der Waals surface area contributed by atoms with Crippen molar-refractivity contribution >= 4 is 5.91 Å². The molecule has 0 aromatic heterocycles. The summed E-state index contributed by atoms with van der Waals surface area (Å²) in [7, 11) is 0. The molecule has 0 radical (unpaired) electrons. The molecule has 3 nitrogen and oxygen atoms in total. The minimum Gasteiger partial charge on any atom is -0.352 e. The lowest BCUT2D eigenvalue weighted by Gasteiger charge is -2.32. The van der Waals surface area contributed by atoms with Crippen LogP contribution >= 0.6 is 0 Å². The van der Waals surface area contributed by atoms with Gasteiger partial charge in [0.25, 0.3) is 0 Å². The Morgan fingerprint density at radius 1 is 1.00 bits per heavy atom. The van der Waals surface area contributed by atoms with Crippen molar-refractivity contribution < 1.29 is 4.79 Å². The molecule has 2 aromatic rings. The Morgan fingerprint density at radius 2 is 1.66 bits per heavy atom. The van der Waals surface area contributed by atoms with Crippen molar-refractivity contribution in [3.8, 4) is 0 Å². The van der Waals surface area contributed by atoms with Crippen LogP contribution in [0.15, 0.2) is 60.7 Å². The number of hydrogen-bond donors (Lipinski definition) is 1. The summed E-state index contributed by atoms with van der Waals surface area (Å²) >= 11 is 0. The van der Waals surface area contributed by atoms with Crippen molar-refractivity contribution in [1.29, 1.82) is 0 Å². The van der Waals surface area contributed by atoms with Gasteiger partial charge in [-0.1, -0.05) is 81.4 Å². The van der Waals surface area contributed by atoms with E-state index in [1.165, 1.54) is 12.0 Å². The zero-order chi connectivity index (χ0) is 20.4. The fourth-order valence-corrected chi connectivity index (χ4v) is 5.46. The fraction of sp³-hybridized carbons (Fsp3) is 0.500. The maximum atomic E-state index is 13.4. The Hall–Kier alpha value is -2.13. The van der Waals surface area contributed by atoms with Crippen LogP contribution in [-0.2, 0) is 11.3 Å². The number of carbonyl (C=O) groups is 1. The van der Waals surface area contributed by atoms with Crippen LogP contribution in [-0.4, -0.2) is 29.9 Å². The number of benzene rings is 2. The molecule has 0 unspecified atom stereocenters. The molecule has 2 aromatic carbocycles. The number of carbonyl (C=O) groups excluding carboxylic acids is 1. The normalized spacial score (nSPS) is 25.6. The molecule has 1 saturated heterocycles. The summed E-state index contributed by atoms with van der Waals surface area (Å²) in [6.07, 6.45) is 2.35. The third kappa shape index (κ3) is 4.56. The van der Waals surface area contributed by atoms with Crippen LogP contribution in [0.2, 0.25) is 0 Å². The van der Waals surface area contributed by atoms with Gasteiger partial charge in [-0.25, -0.2) is 0 Å². The van der Waals surface area contributed by atoms with Crippen molar-refractivity contribution in [3.63, 3.8) is 0 Å². The highest BCUT2D eigenvalue weighted by Crippen LogP contribution is 2.40. The van der Waals surface area contributed by atoms with Crippen LogP contribution < -0.4 is 5.32 Å². The van der Waals surface area contributed by atoms with Crippen LogP contribution in [0, 0.1) is 17.3 Å². The maximum absolute atomic E-state index is 13.4. The van der Waals surface area contributed by atoms with Crippen LogP contribution in [0.4, 0.5) is 0 Å². The van der Waals surface area contributed by atoms with Crippen LogP contribution in [0.5, 0.6) is 0 Å². The number of nitrogens with one attached hydrogen (secondary N) is 1. The van der Waals surface area contributed by atoms with Gasteiger partial charge in [0.2, 0.25) is 5.91 Å². The largest absolute Gasteiger partial charge is 0.352 e. The molecule has 1 heterocycles. The first-order valence-corrected chi connectivity index (χ1v) is 11.0. The molecule has 2 aliphatic rings. The van der Waals surface area contributed by atoms with E-state index in [4.69, 9.17) is 0 Å². The molecule has 1 saturated carbocycles. The summed E-state index contributed by atoms with van der Waals surface area (Å²) in [6.45, 7) is 9.77. The molecular formula is C26H34N2O. The van der Waals surface area contributed by atoms with Crippen LogP contribution in [0.3, 0.4) is 0 Å². The summed E-state index contributed by atoms with van der Waals surface area (Å²) in [5.74, 6) is 1.37. The SMILES string of the molecule is CC(C)(C)[C@@H](C(=O)N[C@@H]1CC[C@H]2CN(Cc3ccccc3)C[C@H]21)c1ccccc1. The minimum atomic E-state index is -0.121. The molecule has 2 fully saturated rings. The first-order valence-electron chi connectivity index (χ1n) is 11.0. The second-order valence-electron chi connectivity index (χ2n) is 10.0. The van der Waals surface area contributed by atoms with Crippen LogP contribution in [0.1, 0.15) is 50.7 Å². The Morgan fingerprint density at radius 3 is 2.31 bits per heavy atom. The third-order valence-electron chi connectivity index (χ3n) is 6.77. The third-order valence-corrected chi connectivity index (χ3v) is 6.77. The topological polar surface area (TPSA) is 32.3 Å². The summed E-state index contributed by atoms with van der Waals surface area (Å²) < 4.78 is 0. The number of amides is 1. The number of fused-ring (bicyclic) bond motifs is 1. The molecular weight excluding hydrogens is 356 g/mol. The highest BCUT2D eigenvalue weighted by atomic mass is 16.2. The Labute approximate surface area is 175 Å². The van der Waals surface area contributed by atoms with Gasteiger partial charge >= 0.3 is 0 Å². The lowest BCUT2D eigenvalue weighted by molar-refractivity contribution is -0.125. The second kappa shape index (κ2) is 8.31. The molecule has 1 N–H and O–H groups in total. The van der Waals surface area contributed by atoms with Crippen molar-refractivity contribution in [2.75, 3.05) is 13.1 Å². The number of hydrogen-bond acceptors (Lipinski definition) is 2. The fourth-order valence-electron chi connectivity index (χ4n) is 5.46. The van der Waals surface area contributed by atoms with E-state index in [1.807, 2.05) is 18.2 Å². The molecule has 29 heavy (non-hydrogen) atoms. The number of likely N-dealkylation sites (tertiary alicyclic amines) is 1. The van der Waals surface area contributed by atoms with Gasteiger partial charge in [-0.2, -0.15) is 0 Å². The molecule has 1 amide bonds. The quantitative estimate of drug-likeness (QED) is 0.792. The molecule has 0 spiro atoms. The Bertz CT molecular complexity index is 812. The number of nitrogens with zero attached hydrogens (tertiary/aromatic N) is 1. The Balaban J connectivity index is 1.42. The predicted molar refractivity (Wildman–Crippen MR) is 119 cm³/mol. The molecule has 1 aliphatic heterocycles. The van der Waals surface area contributed by atoms with Gasteiger partial charge in [-0.3, -0.25) is 9.69 Å². The van der Waals surface area contributed by atoms with Crippen molar-refractivity contribution in [2.45, 2.75) is 52.1 Å². The Kier molecular flexibility index (Phi) is 5.78. The van der Waals surface area contributed by atoms with Gasteiger partial charge in [0.05, 0.1) is 5.92 Å². The van der Waals surface area contributed by atoms with Gasteiger partial charge < -0.3 is 5.32 Å². The molecule has 0 bridgehead atoms. The van der Waals surface area contributed by atoms with E-state index < -0.39 is 0 Å². The molecule has 1 aliphatic carbocycles. The molecule has 4 atom stereocenters. The molecule has 154 valence electrons. The van der Waals surface area contributed by atoms with E-state index >= 15 is 0 Å². The average molecular weight is 391 g/mol. The van der Waals surface area contributed by atoms with Crippen LogP contribution in [0.25, 0.3) is 0 Å². The monoisotopic (exact) mass is 390 g/mol. The zero-order valence-corrected chi connectivity index (χ0v) is 18.0. The van der Waals surface area contributed by atoms with Crippen molar-refractivity contribution in [1.82, 2.24) is 10.2 Å². The van der Waals surface area contributed by atoms with Gasteiger partial charge in [-0.05, 0) is 41.2 Å².